The van der Waals surface area contributed by atoms with Crippen molar-refractivity contribution in [2.75, 3.05) is 36.9 Å². The molecular formula is C26H38N2O2. The van der Waals surface area contributed by atoms with Gasteiger partial charge in [-0.05, 0) is 55.4 Å². The Kier molecular flexibility index (Phi) is 4.66. The molecule has 3 atom stereocenters. The Balaban J connectivity index is 1.77. The molecule has 5 rings (SSSR count). The second-order valence-corrected chi connectivity index (χ2v) is 11.0. The first-order valence-corrected chi connectivity index (χ1v) is 11.9. The van der Waals surface area contributed by atoms with Gasteiger partial charge in [0.25, 0.3) is 0 Å². The summed E-state index contributed by atoms with van der Waals surface area (Å²) in [4.78, 5) is 2.40. The number of aryl methyl sites for hydroxylation is 1. The highest BCUT2D eigenvalue weighted by Crippen LogP contribution is 2.60. The van der Waals surface area contributed by atoms with Crippen molar-refractivity contribution in [2.24, 2.45) is 11.3 Å². The normalized spacial score (nSPS) is 31.3. The molecule has 2 fully saturated rings. The molecule has 4 nitrogen and oxygen atoms in total. The van der Waals surface area contributed by atoms with Crippen LogP contribution in [0.2, 0.25) is 0 Å². The predicted octanol–water partition coefficient (Wildman–Crippen LogP) is 6.14. The van der Waals surface area contributed by atoms with Crippen molar-refractivity contribution in [2.45, 2.75) is 78.1 Å². The van der Waals surface area contributed by atoms with Gasteiger partial charge in [-0.3, -0.25) is 0 Å². The van der Waals surface area contributed by atoms with Crippen molar-refractivity contribution >= 4 is 22.3 Å². The smallest absolute Gasteiger partial charge is 0.139 e. The van der Waals surface area contributed by atoms with Crippen LogP contribution in [0.25, 0.3) is 11.0 Å². The maximum atomic E-state index is 6.70. The Labute approximate surface area is 181 Å². The maximum absolute atomic E-state index is 6.70. The quantitative estimate of drug-likeness (QED) is 0.574. The van der Waals surface area contributed by atoms with E-state index in [1.165, 1.54) is 54.5 Å². The summed E-state index contributed by atoms with van der Waals surface area (Å²) in [6.07, 6.45) is 6.39. The van der Waals surface area contributed by atoms with Crippen molar-refractivity contribution in [3.8, 4) is 0 Å². The van der Waals surface area contributed by atoms with Gasteiger partial charge in [0.15, 0.2) is 0 Å². The number of rotatable bonds is 1. The van der Waals surface area contributed by atoms with Crippen LogP contribution in [0.3, 0.4) is 0 Å². The zero-order chi connectivity index (χ0) is 21.3. The lowest BCUT2D eigenvalue weighted by Crippen LogP contribution is -2.44. The molecule has 1 aromatic heterocycles. The molecule has 1 saturated carbocycles. The van der Waals surface area contributed by atoms with Crippen molar-refractivity contribution < 1.29 is 9.15 Å². The van der Waals surface area contributed by atoms with Gasteiger partial charge in [0.05, 0.1) is 24.6 Å². The van der Waals surface area contributed by atoms with Crippen molar-refractivity contribution in [1.82, 2.24) is 0 Å². The average Bonchev–Trinajstić information content (AvgIpc) is 3.06. The Bertz CT molecular complexity index is 969. The SMILES string of the molecule is Cc1c(N)c(N2CCOCC2)cc2c3c(oc12)C(C)CC[C@@H]1C(C)(C)CCC[C@@]31C. The summed E-state index contributed by atoms with van der Waals surface area (Å²) in [5, 5.41) is 1.32. The Hall–Kier alpha value is -1.68. The maximum Gasteiger partial charge on any atom is 0.139 e. The van der Waals surface area contributed by atoms with Crippen molar-refractivity contribution in [3.05, 3.63) is 23.0 Å². The first-order chi connectivity index (χ1) is 14.2. The molecule has 0 spiro atoms. The van der Waals surface area contributed by atoms with E-state index in [4.69, 9.17) is 14.9 Å². The Morgan fingerprint density at radius 3 is 2.57 bits per heavy atom. The summed E-state index contributed by atoms with van der Waals surface area (Å²) in [5.41, 5.74) is 12.9. The zero-order valence-corrected chi connectivity index (χ0v) is 19.4. The van der Waals surface area contributed by atoms with Crippen LogP contribution in [0.1, 0.15) is 82.6 Å². The third-order valence-electron chi connectivity index (χ3n) is 8.76. The minimum Gasteiger partial charge on any atom is -0.460 e. The van der Waals surface area contributed by atoms with E-state index in [0.29, 0.717) is 17.3 Å². The van der Waals surface area contributed by atoms with Crippen LogP contribution < -0.4 is 10.6 Å². The number of benzene rings is 1. The van der Waals surface area contributed by atoms with E-state index >= 15 is 0 Å². The first-order valence-electron chi connectivity index (χ1n) is 11.9. The summed E-state index contributed by atoms with van der Waals surface area (Å²) >= 11 is 0. The topological polar surface area (TPSA) is 51.6 Å². The van der Waals surface area contributed by atoms with Crippen LogP contribution in [-0.4, -0.2) is 26.3 Å². The van der Waals surface area contributed by atoms with Gasteiger partial charge in [0.1, 0.15) is 11.3 Å². The Morgan fingerprint density at radius 2 is 1.83 bits per heavy atom. The molecule has 30 heavy (non-hydrogen) atoms. The molecule has 1 unspecified atom stereocenters. The van der Waals surface area contributed by atoms with Gasteiger partial charge in [-0.15, -0.1) is 0 Å². The lowest BCUT2D eigenvalue weighted by atomic mass is 9.53. The van der Waals surface area contributed by atoms with E-state index in [9.17, 15) is 0 Å². The van der Waals surface area contributed by atoms with Crippen molar-refractivity contribution in [3.63, 3.8) is 0 Å². The largest absolute Gasteiger partial charge is 0.460 e. The monoisotopic (exact) mass is 410 g/mol. The molecular weight excluding hydrogens is 372 g/mol. The summed E-state index contributed by atoms with van der Waals surface area (Å²) < 4.78 is 12.3. The zero-order valence-electron chi connectivity index (χ0n) is 19.4. The molecule has 0 radical (unpaired) electrons. The van der Waals surface area contributed by atoms with Crippen LogP contribution in [-0.2, 0) is 10.2 Å². The van der Waals surface area contributed by atoms with Crippen LogP contribution in [0.5, 0.6) is 0 Å². The number of nitrogens with zero attached hydrogens (tertiary/aromatic N) is 1. The minimum atomic E-state index is 0.165. The van der Waals surface area contributed by atoms with E-state index in [-0.39, 0.29) is 5.41 Å². The number of ether oxygens (including phenoxy) is 1. The number of hydrogen-bond donors (Lipinski definition) is 1. The molecule has 2 N–H and O–H groups in total. The third-order valence-corrected chi connectivity index (χ3v) is 8.76. The molecule has 2 aromatic rings. The number of morpholine rings is 1. The number of furan rings is 1. The van der Waals surface area contributed by atoms with Gasteiger partial charge in [-0.2, -0.15) is 0 Å². The average molecular weight is 411 g/mol. The highest BCUT2D eigenvalue weighted by Gasteiger charge is 2.51. The van der Waals surface area contributed by atoms with E-state index in [0.717, 1.165) is 43.1 Å². The molecule has 2 heterocycles. The number of hydrogen-bond acceptors (Lipinski definition) is 4. The minimum absolute atomic E-state index is 0.165. The number of anilines is 2. The highest BCUT2D eigenvalue weighted by molar-refractivity contribution is 5.96. The van der Waals surface area contributed by atoms with Crippen LogP contribution >= 0.6 is 0 Å². The van der Waals surface area contributed by atoms with E-state index < -0.39 is 0 Å². The summed E-state index contributed by atoms with van der Waals surface area (Å²) in [7, 11) is 0. The molecule has 4 heteroatoms. The number of nitrogens with two attached hydrogens (primary N) is 1. The van der Waals surface area contributed by atoms with Crippen LogP contribution in [0.4, 0.5) is 11.4 Å². The lowest BCUT2D eigenvalue weighted by molar-refractivity contribution is 0.0504. The summed E-state index contributed by atoms with van der Waals surface area (Å²) in [6, 6.07) is 2.35. The highest BCUT2D eigenvalue weighted by atomic mass is 16.5. The molecule has 3 aliphatic rings. The van der Waals surface area contributed by atoms with Gasteiger partial charge < -0.3 is 19.8 Å². The molecule has 1 saturated heterocycles. The van der Waals surface area contributed by atoms with Crippen LogP contribution in [0.15, 0.2) is 10.5 Å². The van der Waals surface area contributed by atoms with E-state index in [1.54, 1.807) is 0 Å². The molecule has 1 aliphatic heterocycles. The molecule has 0 amide bonds. The number of nitrogen functional groups attached to an aromatic ring is 1. The molecule has 0 bridgehead atoms. The van der Waals surface area contributed by atoms with Crippen LogP contribution in [0, 0.1) is 18.3 Å². The van der Waals surface area contributed by atoms with Gasteiger partial charge in [0.2, 0.25) is 0 Å². The van der Waals surface area contributed by atoms with E-state index in [1.807, 2.05) is 0 Å². The van der Waals surface area contributed by atoms with Gasteiger partial charge in [0, 0.05) is 35.5 Å². The molecule has 1 aromatic carbocycles. The van der Waals surface area contributed by atoms with E-state index in [2.05, 4.69) is 45.6 Å². The number of fused-ring (bicyclic) bond motifs is 5. The molecule has 2 aliphatic carbocycles. The van der Waals surface area contributed by atoms with Gasteiger partial charge >= 0.3 is 0 Å². The lowest BCUT2D eigenvalue weighted by Gasteiger charge is -2.50. The third kappa shape index (κ3) is 2.82. The summed E-state index contributed by atoms with van der Waals surface area (Å²) in [5.74, 6) is 2.38. The fourth-order valence-corrected chi connectivity index (χ4v) is 7.09. The molecule has 164 valence electrons. The Morgan fingerprint density at radius 1 is 1.10 bits per heavy atom. The van der Waals surface area contributed by atoms with Crippen molar-refractivity contribution in [1.29, 1.82) is 0 Å². The van der Waals surface area contributed by atoms with Gasteiger partial charge in [-0.25, -0.2) is 0 Å². The summed E-state index contributed by atoms with van der Waals surface area (Å²) in [6.45, 7) is 15.4. The standard InChI is InChI=1S/C26H38N2O2/c1-16-7-8-20-25(3,4)9-6-10-26(20,5)21-18-15-19(28-11-13-29-14-12-28)22(27)17(2)24(18)30-23(16)21/h15-16,20H,6-14,27H2,1-5H3/t16?,20-,26-/m1/s1. The first kappa shape index (κ1) is 20.2. The fourth-order valence-electron chi connectivity index (χ4n) is 7.09. The van der Waals surface area contributed by atoms with Gasteiger partial charge in [-0.1, -0.05) is 34.1 Å². The second kappa shape index (κ2) is 6.91. The fraction of sp³-hybridized carbons (Fsp3) is 0.692. The second-order valence-electron chi connectivity index (χ2n) is 11.0. The predicted molar refractivity (Wildman–Crippen MR) is 125 cm³/mol.